The lowest BCUT2D eigenvalue weighted by atomic mass is 9.95. The minimum Gasteiger partial charge on any atom is -0.481 e. The van der Waals surface area contributed by atoms with Crippen LogP contribution in [0.3, 0.4) is 0 Å². The number of carboxylic acid groups (broad SMARTS) is 1. The second-order valence-electron chi connectivity index (χ2n) is 5.11. The Morgan fingerprint density at radius 3 is 2.90 bits per heavy atom. The summed E-state index contributed by atoms with van der Waals surface area (Å²) >= 11 is 1.96. The molecule has 1 fully saturated rings. The first-order valence-corrected chi connectivity index (χ1v) is 7.76. The molecule has 1 aromatic carbocycles. The van der Waals surface area contributed by atoms with Crippen LogP contribution < -0.4 is 5.32 Å². The fourth-order valence-electron chi connectivity index (χ4n) is 2.45. The highest BCUT2D eigenvalue weighted by molar-refractivity contribution is 14.1. The van der Waals surface area contributed by atoms with E-state index in [-0.39, 0.29) is 24.2 Å². The number of hydrogen-bond acceptors (Lipinski definition) is 2. The first kappa shape index (κ1) is 16.0. The predicted octanol–water partition coefficient (Wildman–Crippen LogP) is 3.15. The van der Waals surface area contributed by atoms with E-state index in [0.29, 0.717) is 22.3 Å². The third kappa shape index (κ3) is 4.55. The van der Waals surface area contributed by atoms with Crippen LogP contribution >= 0.6 is 22.6 Å². The number of rotatable bonds is 3. The van der Waals surface area contributed by atoms with Crippen LogP contribution in [0.5, 0.6) is 0 Å². The molecule has 0 aliphatic carbocycles. The van der Waals surface area contributed by atoms with Crippen molar-refractivity contribution in [2.45, 2.75) is 19.3 Å². The molecule has 0 aromatic heterocycles. The fraction of sp³-hybridized carbons (Fsp3) is 0.429. The molecule has 1 unspecified atom stereocenters. The molecule has 1 aliphatic rings. The van der Waals surface area contributed by atoms with Gasteiger partial charge in [0.2, 0.25) is 0 Å². The zero-order chi connectivity index (χ0) is 15.4. The van der Waals surface area contributed by atoms with Crippen LogP contribution in [0, 0.1) is 15.3 Å². The van der Waals surface area contributed by atoms with E-state index in [1.54, 1.807) is 4.90 Å². The van der Waals surface area contributed by atoms with Crippen LogP contribution in [-0.4, -0.2) is 35.1 Å². The number of carbonyl (C=O) groups is 2. The number of aliphatic carboxylic acids is 1. The second kappa shape index (κ2) is 7.06. The largest absolute Gasteiger partial charge is 0.481 e. The Balaban J connectivity index is 1.97. The number of likely N-dealkylation sites (tertiary alicyclic amines) is 1. The van der Waals surface area contributed by atoms with Gasteiger partial charge in [-0.15, -0.1) is 0 Å². The Morgan fingerprint density at radius 1 is 1.48 bits per heavy atom. The molecule has 1 heterocycles. The first-order chi connectivity index (χ1) is 9.95. The van der Waals surface area contributed by atoms with Crippen molar-refractivity contribution in [1.29, 1.82) is 0 Å². The molecule has 1 aliphatic heterocycles. The molecule has 0 saturated carbocycles. The number of hydrogen-bond donors (Lipinski definition) is 2. The van der Waals surface area contributed by atoms with Gasteiger partial charge in [-0.05, 0) is 59.5 Å². The van der Waals surface area contributed by atoms with E-state index >= 15 is 0 Å². The van der Waals surface area contributed by atoms with Crippen molar-refractivity contribution >= 4 is 40.3 Å². The summed E-state index contributed by atoms with van der Waals surface area (Å²) in [5.41, 5.74) is 0.558. The number of halogens is 2. The highest BCUT2D eigenvalue weighted by Crippen LogP contribution is 2.22. The Labute approximate surface area is 135 Å². The third-order valence-corrected chi connectivity index (χ3v) is 4.33. The van der Waals surface area contributed by atoms with E-state index < -0.39 is 5.97 Å². The zero-order valence-corrected chi connectivity index (χ0v) is 13.5. The highest BCUT2D eigenvalue weighted by atomic mass is 127. The molecule has 0 radical (unpaired) electrons. The lowest BCUT2D eigenvalue weighted by Gasteiger charge is -2.32. The van der Waals surface area contributed by atoms with Crippen molar-refractivity contribution in [3.63, 3.8) is 0 Å². The van der Waals surface area contributed by atoms with Crippen molar-refractivity contribution in [3.05, 3.63) is 27.6 Å². The maximum atomic E-state index is 13.0. The Hall–Kier alpha value is -1.38. The molecule has 2 N–H and O–H groups in total. The Kier molecular flexibility index (Phi) is 5.38. The maximum Gasteiger partial charge on any atom is 0.321 e. The Morgan fingerprint density at radius 2 is 2.24 bits per heavy atom. The van der Waals surface area contributed by atoms with Crippen molar-refractivity contribution in [3.8, 4) is 0 Å². The normalized spacial score (nSPS) is 18.4. The quantitative estimate of drug-likeness (QED) is 0.758. The standard InChI is InChI=1S/C14H16FIN2O3/c15-10-3-4-12(11(16)7-10)17-14(21)18-5-1-2-9(8-18)6-13(19)20/h3-4,7,9H,1-2,5-6,8H2,(H,17,21)(H,19,20). The molecule has 2 amide bonds. The van der Waals surface area contributed by atoms with Gasteiger partial charge in [0.05, 0.1) is 5.69 Å². The molecule has 1 aromatic rings. The summed E-state index contributed by atoms with van der Waals surface area (Å²) in [6.07, 6.45) is 1.70. The van der Waals surface area contributed by atoms with Crippen molar-refractivity contribution in [1.82, 2.24) is 4.90 Å². The summed E-state index contributed by atoms with van der Waals surface area (Å²) in [7, 11) is 0. The van der Waals surface area contributed by atoms with E-state index in [2.05, 4.69) is 5.32 Å². The van der Waals surface area contributed by atoms with Gasteiger partial charge in [0.1, 0.15) is 5.82 Å². The highest BCUT2D eigenvalue weighted by Gasteiger charge is 2.25. The van der Waals surface area contributed by atoms with E-state index in [1.807, 2.05) is 22.6 Å². The average Bonchev–Trinajstić information content (AvgIpc) is 2.41. The molecule has 21 heavy (non-hydrogen) atoms. The van der Waals surface area contributed by atoms with Gasteiger partial charge in [0.25, 0.3) is 0 Å². The van der Waals surface area contributed by atoms with Crippen LogP contribution in [0.4, 0.5) is 14.9 Å². The first-order valence-electron chi connectivity index (χ1n) is 6.68. The fourth-order valence-corrected chi connectivity index (χ4v) is 3.06. The number of piperidine rings is 1. The number of urea groups is 1. The molecule has 7 heteroatoms. The number of amides is 2. The van der Waals surface area contributed by atoms with Gasteiger partial charge in [0, 0.05) is 23.1 Å². The lowest BCUT2D eigenvalue weighted by molar-refractivity contribution is -0.138. The topological polar surface area (TPSA) is 69.6 Å². The minimum absolute atomic E-state index is 0.00529. The van der Waals surface area contributed by atoms with Gasteiger partial charge in [-0.2, -0.15) is 0 Å². The number of nitrogens with one attached hydrogen (secondary N) is 1. The van der Waals surface area contributed by atoms with Gasteiger partial charge < -0.3 is 15.3 Å². The second-order valence-corrected chi connectivity index (χ2v) is 6.27. The van der Waals surface area contributed by atoms with Gasteiger partial charge in [0.15, 0.2) is 0 Å². The molecule has 0 spiro atoms. The van der Waals surface area contributed by atoms with Gasteiger partial charge >= 0.3 is 12.0 Å². The summed E-state index contributed by atoms with van der Waals surface area (Å²) in [5.74, 6) is -1.19. The number of carboxylic acids is 1. The van der Waals surface area contributed by atoms with Crippen molar-refractivity contribution in [2.24, 2.45) is 5.92 Å². The van der Waals surface area contributed by atoms with Crippen LogP contribution in [0.25, 0.3) is 0 Å². The van der Waals surface area contributed by atoms with Gasteiger partial charge in [-0.25, -0.2) is 9.18 Å². The van der Waals surface area contributed by atoms with Crippen molar-refractivity contribution < 1.29 is 19.1 Å². The summed E-state index contributed by atoms with van der Waals surface area (Å²) < 4.78 is 13.7. The number of anilines is 1. The van der Waals surface area contributed by atoms with E-state index in [0.717, 1.165) is 12.8 Å². The minimum atomic E-state index is -0.838. The van der Waals surface area contributed by atoms with Gasteiger partial charge in [-0.1, -0.05) is 0 Å². The summed E-state index contributed by atoms with van der Waals surface area (Å²) in [6.45, 7) is 1.05. The molecule has 1 saturated heterocycles. The number of carbonyl (C=O) groups excluding carboxylic acids is 1. The molecule has 0 bridgehead atoms. The molecule has 114 valence electrons. The summed E-state index contributed by atoms with van der Waals surface area (Å²) in [6, 6.07) is 3.89. The SMILES string of the molecule is O=C(O)CC1CCCN(C(=O)Nc2ccc(F)cc2I)C1. The molecule has 5 nitrogen and oxygen atoms in total. The van der Waals surface area contributed by atoms with E-state index in [1.165, 1.54) is 18.2 Å². The molecular formula is C14H16FIN2O3. The molecular weight excluding hydrogens is 390 g/mol. The average molecular weight is 406 g/mol. The molecule has 1 atom stereocenters. The predicted molar refractivity (Wildman–Crippen MR) is 84.7 cm³/mol. The smallest absolute Gasteiger partial charge is 0.321 e. The van der Waals surface area contributed by atoms with Crippen LogP contribution in [0.2, 0.25) is 0 Å². The lowest BCUT2D eigenvalue weighted by Crippen LogP contribution is -2.42. The maximum absolute atomic E-state index is 13.0. The van der Waals surface area contributed by atoms with E-state index in [9.17, 15) is 14.0 Å². The van der Waals surface area contributed by atoms with E-state index in [4.69, 9.17) is 5.11 Å². The number of benzene rings is 1. The Bertz CT molecular complexity index is 553. The van der Waals surface area contributed by atoms with Gasteiger partial charge in [-0.3, -0.25) is 4.79 Å². The van der Waals surface area contributed by atoms with Crippen LogP contribution in [-0.2, 0) is 4.79 Å². The van der Waals surface area contributed by atoms with Crippen LogP contribution in [0.1, 0.15) is 19.3 Å². The summed E-state index contributed by atoms with van der Waals surface area (Å²) in [4.78, 5) is 24.6. The monoisotopic (exact) mass is 406 g/mol. The van der Waals surface area contributed by atoms with Crippen molar-refractivity contribution in [2.75, 3.05) is 18.4 Å². The zero-order valence-electron chi connectivity index (χ0n) is 11.3. The number of nitrogens with zero attached hydrogens (tertiary/aromatic N) is 1. The third-order valence-electron chi connectivity index (χ3n) is 3.44. The molecule has 2 rings (SSSR count). The summed E-state index contributed by atoms with van der Waals surface area (Å²) in [5, 5.41) is 11.6. The van der Waals surface area contributed by atoms with Crippen LogP contribution in [0.15, 0.2) is 18.2 Å².